The zero-order valence-electron chi connectivity index (χ0n) is 12.1. The van der Waals surface area contributed by atoms with Gasteiger partial charge in [0.2, 0.25) is 5.13 Å². The van der Waals surface area contributed by atoms with Crippen LogP contribution in [0.2, 0.25) is 0 Å². The van der Waals surface area contributed by atoms with Gasteiger partial charge in [-0.3, -0.25) is 5.43 Å². The second kappa shape index (κ2) is 6.06. The van der Waals surface area contributed by atoms with Crippen molar-refractivity contribution in [3.63, 3.8) is 0 Å². The third-order valence-electron chi connectivity index (χ3n) is 3.40. The van der Waals surface area contributed by atoms with Gasteiger partial charge in [-0.15, -0.1) is 11.3 Å². The summed E-state index contributed by atoms with van der Waals surface area (Å²) in [6, 6.07) is 14.8. The van der Waals surface area contributed by atoms with Crippen molar-refractivity contribution in [3.05, 3.63) is 47.8 Å². The summed E-state index contributed by atoms with van der Waals surface area (Å²) in [4.78, 5) is 4.59. The average Bonchev–Trinajstić information content (AvgIpc) is 3.01. The lowest BCUT2D eigenvalue weighted by Crippen LogP contribution is -1.95. The molecule has 3 aromatic rings. The van der Waals surface area contributed by atoms with Crippen molar-refractivity contribution in [1.29, 1.82) is 0 Å². The highest BCUT2D eigenvalue weighted by molar-refractivity contribution is 7.14. The standard InChI is InChI=1S/C17H17N3S/c1-3-12(2)19-20-17-18-16(11-21-17)15-9-8-13-6-4-5-7-14(13)10-15/h4-11H,3H2,1-2H3,(H,18,20)/b19-12+. The van der Waals surface area contributed by atoms with Crippen molar-refractivity contribution in [2.45, 2.75) is 20.3 Å². The first-order valence-corrected chi connectivity index (χ1v) is 7.88. The first kappa shape index (κ1) is 13.8. The quantitative estimate of drug-likeness (QED) is 0.533. The van der Waals surface area contributed by atoms with Gasteiger partial charge < -0.3 is 0 Å². The van der Waals surface area contributed by atoms with E-state index in [4.69, 9.17) is 0 Å². The molecule has 0 saturated heterocycles. The van der Waals surface area contributed by atoms with Gasteiger partial charge in [-0.05, 0) is 30.2 Å². The van der Waals surface area contributed by atoms with Crippen LogP contribution in [0.15, 0.2) is 52.9 Å². The van der Waals surface area contributed by atoms with Gasteiger partial charge in [0.15, 0.2) is 0 Å². The number of fused-ring (bicyclic) bond motifs is 1. The molecule has 0 fully saturated rings. The first-order chi connectivity index (χ1) is 10.3. The van der Waals surface area contributed by atoms with Gasteiger partial charge in [0.25, 0.3) is 0 Å². The zero-order chi connectivity index (χ0) is 14.7. The van der Waals surface area contributed by atoms with E-state index in [1.165, 1.54) is 10.8 Å². The molecule has 0 bridgehead atoms. The number of benzene rings is 2. The maximum absolute atomic E-state index is 4.59. The molecule has 21 heavy (non-hydrogen) atoms. The Kier molecular flexibility index (Phi) is 3.97. The van der Waals surface area contributed by atoms with E-state index in [9.17, 15) is 0 Å². The van der Waals surface area contributed by atoms with E-state index in [1.54, 1.807) is 11.3 Å². The van der Waals surface area contributed by atoms with Crippen molar-refractivity contribution >= 4 is 33.0 Å². The minimum atomic E-state index is 0.825. The number of nitrogens with zero attached hydrogens (tertiary/aromatic N) is 2. The van der Waals surface area contributed by atoms with Crippen LogP contribution in [0, 0.1) is 0 Å². The Morgan fingerprint density at radius 1 is 1.19 bits per heavy atom. The Labute approximate surface area is 128 Å². The van der Waals surface area contributed by atoms with Crippen LogP contribution in [0.5, 0.6) is 0 Å². The molecule has 2 aromatic carbocycles. The van der Waals surface area contributed by atoms with Crippen LogP contribution in [0.4, 0.5) is 5.13 Å². The van der Waals surface area contributed by atoms with Crippen LogP contribution in [-0.2, 0) is 0 Å². The van der Waals surface area contributed by atoms with E-state index in [0.29, 0.717) is 0 Å². The van der Waals surface area contributed by atoms with Crippen molar-refractivity contribution in [3.8, 4) is 11.3 Å². The lowest BCUT2D eigenvalue weighted by molar-refractivity contribution is 1.20. The molecule has 0 atom stereocenters. The molecule has 0 saturated carbocycles. The smallest absolute Gasteiger partial charge is 0.203 e. The Balaban J connectivity index is 1.87. The predicted molar refractivity (Wildman–Crippen MR) is 92.1 cm³/mol. The molecule has 106 valence electrons. The number of nitrogens with one attached hydrogen (secondary N) is 1. The van der Waals surface area contributed by atoms with Gasteiger partial charge in [-0.2, -0.15) is 5.10 Å². The number of thiazole rings is 1. The largest absolute Gasteiger partial charge is 0.253 e. The van der Waals surface area contributed by atoms with Gasteiger partial charge in [-0.25, -0.2) is 4.98 Å². The summed E-state index contributed by atoms with van der Waals surface area (Å²) in [5.74, 6) is 0. The average molecular weight is 295 g/mol. The number of hydrogen-bond acceptors (Lipinski definition) is 4. The van der Waals surface area contributed by atoms with Gasteiger partial charge in [-0.1, -0.05) is 43.3 Å². The highest BCUT2D eigenvalue weighted by atomic mass is 32.1. The molecule has 3 rings (SSSR count). The summed E-state index contributed by atoms with van der Waals surface area (Å²) >= 11 is 1.57. The van der Waals surface area contributed by atoms with Gasteiger partial charge in [0, 0.05) is 16.7 Å². The molecule has 0 amide bonds. The molecule has 0 aliphatic carbocycles. The van der Waals surface area contributed by atoms with E-state index in [1.807, 2.05) is 6.92 Å². The van der Waals surface area contributed by atoms with E-state index in [-0.39, 0.29) is 0 Å². The van der Waals surface area contributed by atoms with Crippen LogP contribution in [0.1, 0.15) is 20.3 Å². The molecule has 0 spiro atoms. The lowest BCUT2D eigenvalue weighted by atomic mass is 10.1. The molecule has 4 heteroatoms. The fourth-order valence-electron chi connectivity index (χ4n) is 2.03. The summed E-state index contributed by atoms with van der Waals surface area (Å²) in [5, 5.41) is 9.65. The van der Waals surface area contributed by atoms with Gasteiger partial charge >= 0.3 is 0 Å². The number of rotatable bonds is 4. The number of aromatic nitrogens is 1. The van der Waals surface area contributed by atoms with E-state index < -0.39 is 0 Å². The third kappa shape index (κ3) is 3.11. The fraction of sp³-hybridized carbons (Fsp3) is 0.176. The minimum Gasteiger partial charge on any atom is -0.253 e. The molecule has 0 aliphatic rings. The predicted octanol–water partition coefficient (Wildman–Crippen LogP) is 5.16. The second-order valence-electron chi connectivity index (χ2n) is 4.91. The summed E-state index contributed by atoms with van der Waals surface area (Å²) in [6.07, 6.45) is 0.940. The summed E-state index contributed by atoms with van der Waals surface area (Å²) < 4.78 is 0. The highest BCUT2D eigenvalue weighted by Crippen LogP contribution is 2.27. The van der Waals surface area contributed by atoms with Crippen molar-refractivity contribution < 1.29 is 0 Å². The van der Waals surface area contributed by atoms with Crippen LogP contribution < -0.4 is 5.43 Å². The SMILES string of the molecule is CC/C(C)=N/Nc1nc(-c2ccc3ccccc3c2)cs1. The van der Waals surface area contributed by atoms with E-state index >= 15 is 0 Å². The molecular weight excluding hydrogens is 278 g/mol. The Hall–Kier alpha value is -2.20. The van der Waals surface area contributed by atoms with Crippen LogP contribution in [-0.4, -0.2) is 10.7 Å². The normalized spacial score (nSPS) is 11.8. The maximum atomic E-state index is 4.59. The fourth-order valence-corrected chi connectivity index (χ4v) is 2.69. The maximum Gasteiger partial charge on any atom is 0.203 e. The van der Waals surface area contributed by atoms with Gasteiger partial charge in [0.05, 0.1) is 5.69 Å². The van der Waals surface area contributed by atoms with Crippen molar-refractivity contribution in [2.75, 3.05) is 5.43 Å². The molecule has 0 unspecified atom stereocenters. The first-order valence-electron chi connectivity index (χ1n) is 7.00. The summed E-state index contributed by atoms with van der Waals surface area (Å²) in [5.41, 5.74) is 6.20. The van der Waals surface area contributed by atoms with Crippen LogP contribution in [0.3, 0.4) is 0 Å². The highest BCUT2D eigenvalue weighted by Gasteiger charge is 2.05. The molecule has 0 aliphatic heterocycles. The minimum absolute atomic E-state index is 0.825. The van der Waals surface area contributed by atoms with E-state index in [2.05, 4.69) is 70.3 Å². The third-order valence-corrected chi connectivity index (χ3v) is 4.15. The number of anilines is 1. The van der Waals surface area contributed by atoms with Gasteiger partial charge in [0.1, 0.15) is 0 Å². The van der Waals surface area contributed by atoms with Crippen molar-refractivity contribution in [1.82, 2.24) is 4.98 Å². The lowest BCUT2D eigenvalue weighted by Gasteiger charge is -2.01. The molecule has 1 N–H and O–H groups in total. The molecule has 3 nitrogen and oxygen atoms in total. The monoisotopic (exact) mass is 295 g/mol. The topological polar surface area (TPSA) is 37.3 Å². The molecule has 1 heterocycles. The summed E-state index contributed by atoms with van der Waals surface area (Å²) in [6.45, 7) is 4.09. The Morgan fingerprint density at radius 3 is 2.81 bits per heavy atom. The Morgan fingerprint density at radius 2 is 2.00 bits per heavy atom. The number of hydrogen-bond donors (Lipinski definition) is 1. The van der Waals surface area contributed by atoms with Crippen LogP contribution in [0.25, 0.3) is 22.0 Å². The van der Waals surface area contributed by atoms with E-state index in [0.717, 1.165) is 28.5 Å². The van der Waals surface area contributed by atoms with Crippen LogP contribution >= 0.6 is 11.3 Å². The van der Waals surface area contributed by atoms with Crippen molar-refractivity contribution in [2.24, 2.45) is 5.10 Å². The Bertz CT molecular complexity index is 789. The zero-order valence-corrected chi connectivity index (χ0v) is 12.9. The molecule has 1 aromatic heterocycles. The molecule has 0 radical (unpaired) electrons. The molecular formula is C17H17N3S. The summed E-state index contributed by atoms with van der Waals surface area (Å²) in [7, 11) is 0. The second-order valence-corrected chi connectivity index (χ2v) is 5.77. The number of hydrazone groups is 1.